The molecule has 0 bridgehead atoms. The smallest absolute Gasteiger partial charge is 0.203 e. The van der Waals surface area contributed by atoms with E-state index < -0.39 is 0 Å². The number of nitrogens with one attached hydrogen (secondary N) is 1. The Morgan fingerprint density at radius 2 is 1.77 bits per heavy atom. The highest BCUT2D eigenvalue weighted by atomic mass is 32.1. The van der Waals surface area contributed by atoms with Crippen LogP contribution in [0, 0.1) is 6.92 Å². The molecule has 3 aromatic rings. The van der Waals surface area contributed by atoms with Gasteiger partial charge in [-0.1, -0.05) is 60.2 Å². The summed E-state index contributed by atoms with van der Waals surface area (Å²) >= 11 is 1.56. The summed E-state index contributed by atoms with van der Waals surface area (Å²) in [6.07, 6.45) is 0. The Hall–Kier alpha value is -2.46. The molecule has 0 saturated carbocycles. The van der Waals surface area contributed by atoms with Gasteiger partial charge in [0.2, 0.25) is 5.13 Å². The molecule has 0 aliphatic heterocycles. The molecule has 0 amide bonds. The third-order valence-corrected chi connectivity index (χ3v) is 4.11. The molecule has 2 aromatic carbocycles. The van der Waals surface area contributed by atoms with Gasteiger partial charge >= 0.3 is 0 Å². The molecule has 0 atom stereocenters. The summed E-state index contributed by atoms with van der Waals surface area (Å²) in [5.74, 6) is 0. The van der Waals surface area contributed by atoms with Crippen LogP contribution in [-0.4, -0.2) is 10.7 Å². The van der Waals surface area contributed by atoms with Crippen LogP contribution in [0.5, 0.6) is 0 Å². The van der Waals surface area contributed by atoms with Crippen molar-refractivity contribution in [3.8, 4) is 11.3 Å². The van der Waals surface area contributed by atoms with Gasteiger partial charge in [0, 0.05) is 10.9 Å². The van der Waals surface area contributed by atoms with Crippen molar-refractivity contribution in [1.29, 1.82) is 0 Å². The summed E-state index contributed by atoms with van der Waals surface area (Å²) in [5, 5.41) is 7.24. The molecule has 0 aliphatic carbocycles. The fraction of sp³-hybridized carbons (Fsp3) is 0.111. The lowest BCUT2D eigenvalue weighted by Crippen LogP contribution is -1.99. The van der Waals surface area contributed by atoms with E-state index in [1.807, 2.05) is 42.6 Å². The summed E-state index contributed by atoms with van der Waals surface area (Å²) < 4.78 is 0. The summed E-state index contributed by atoms with van der Waals surface area (Å²) in [6.45, 7) is 4.07. The molecule has 0 aliphatic rings. The zero-order valence-corrected chi connectivity index (χ0v) is 13.4. The lowest BCUT2D eigenvalue weighted by Gasteiger charge is -2.00. The standard InChI is InChI=1S/C18H17N3S/c1-13-8-10-16(11-9-13)17-12-22-18(19-17)21-20-14(2)15-6-4-3-5-7-15/h3-12H,1-2H3,(H,19,21). The first-order valence-electron chi connectivity index (χ1n) is 7.10. The SMILES string of the molecule is CC(=NNc1nc(-c2ccc(C)cc2)cs1)c1ccccc1. The maximum absolute atomic E-state index is 4.58. The van der Waals surface area contributed by atoms with Crippen LogP contribution in [0.15, 0.2) is 65.1 Å². The van der Waals surface area contributed by atoms with E-state index in [1.54, 1.807) is 11.3 Å². The number of benzene rings is 2. The molecule has 0 unspecified atom stereocenters. The first-order chi connectivity index (χ1) is 10.7. The van der Waals surface area contributed by atoms with Crippen molar-refractivity contribution >= 4 is 22.2 Å². The quantitative estimate of drug-likeness (QED) is 0.546. The monoisotopic (exact) mass is 307 g/mol. The minimum atomic E-state index is 0.797. The van der Waals surface area contributed by atoms with Gasteiger partial charge in [0.15, 0.2) is 0 Å². The van der Waals surface area contributed by atoms with Crippen molar-refractivity contribution in [2.75, 3.05) is 5.43 Å². The van der Waals surface area contributed by atoms with E-state index in [4.69, 9.17) is 0 Å². The fourth-order valence-corrected chi connectivity index (χ4v) is 2.72. The van der Waals surface area contributed by atoms with Crippen LogP contribution in [0.1, 0.15) is 18.1 Å². The molecule has 3 rings (SSSR count). The lowest BCUT2D eigenvalue weighted by atomic mass is 10.1. The predicted octanol–water partition coefficient (Wildman–Crippen LogP) is 4.95. The van der Waals surface area contributed by atoms with Crippen molar-refractivity contribution in [1.82, 2.24) is 4.98 Å². The molecule has 1 N–H and O–H groups in total. The van der Waals surface area contributed by atoms with E-state index in [2.05, 4.69) is 46.7 Å². The summed E-state index contributed by atoms with van der Waals surface area (Å²) in [5.41, 5.74) is 8.43. The zero-order chi connectivity index (χ0) is 15.4. The molecule has 110 valence electrons. The summed E-state index contributed by atoms with van der Waals surface area (Å²) in [7, 11) is 0. The second-order valence-electron chi connectivity index (χ2n) is 5.08. The molecule has 22 heavy (non-hydrogen) atoms. The maximum Gasteiger partial charge on any atom is 0.203 e. The van der Waals surface area contributed by atoms with E-state index in [0.717, 1.165) is 27.7 Å². The highest BCUT2D eigenvalue weighted by Gasteiger charge is 2.04. The van der Waals surface area contributed by atoms with Crippen LogP contribution >= 0.6 is 11.3 Å². The number of rotatable bonds is 4. The Morgan fingerprint density at radius 1 is 1.05 bits per heavy atom. The minimum absolute atomic E-state index is 0.797. The van der Waals surface area contributed by atoms with Crippen LogP contribution in [-0.2, 0) is 0 Å². The zero-order valence-electron chi connectivity index (χ0n) is 12.6. The van der Waals surface area contributed by atoms with Gasteiger partial charge < -0.3 is 0 Å². The number of hydrazone groups is 1. The molecule has 1 heterocycles. The molecular formula is C18H17N3S. The average molecular weight is 307 g/mol. The topological polar surface area (TPSA) is 37.3 Å². The molecular weight excluding hydrogens is 290 g/mol. The average Bonchev–Trinajstić information content (AvgIpc) is 3.03. The Morgan fingerprint density at radius 3 is 2.50 bits per heavy atom. The van der Waals surface area contributed by atoms with Crippen molar-refractivity contribution in [2.24, 2.45) is 5.10 Å². The number of anilines is 1. The molecule has 1 aromatic heterocycles. The van der Waals surface area contributed by atoms with E-state index in [1.165, 1.54) is 5.56 Å². The van der Waals surface area contributed by atoms with Crippen molar-refractivity contribution in [3.05, 3.63) is 71.1 Å². The number of hydrogen-bond acceptors (Lipinski definition) is 4. The molecule has 0 radical (unpaired) electrons. The normalized spacial score (nSPS) is 11.5. The van der Waals surface area contributed by atoms with E-state index in [-0.39, 0.29) is 0 Å². The molecule has 0 fully saturated rings. The third kappa shape index (κ3) is 3.40. The van der Waals surface area contributed by atoms with Crippen LogP contribution in [0.3, 0.4) is 0 Å². The van der Waals surface area contributed by atoms with Crippen LogP contribution in [0.25, 0.3) is 11.3 Å². The minimum Gasteiger partial charge on any atom is -0.252 e. The lowest BCUT2D eigenvalue weighted by molar-refractivity contribution is 1.27. The van der Waals surface area contributed by atoms with Gasteiger partial charge in [0.25, 0.3) is 0 Å². The second kappa shape index (κ2) is 6.54. The van der Waals surface area contributed by atoms with Crippen molar-refractivity contribution in [2.45, 2.75) is 13.8 Å². The summed E-state index contributed by atoms with van der Waals surface area (Å²) in [6, 6.07) is 18.5. The van der Waals surface area contributed by atoms with Gasteiger partial charge in [0.1, 0.15) is 0 Å². The van der Waals surface area contributed by atoms with Gasteiger partial charge in [-0.25, -0.2) is 4.98 Å². The van der Waals surface area contributed by atoms with Gasteiger partial charge in [-0.3, -0.25) is 5.43 Å². The van der Waals surface area contributed by atoms with E-state index in [9.17, 15) is 0 Å². The largest absolute Gasteiger partial charge is 0.252 e. The third-order valence-electron chi connectivity index (χ3n) is 3.36. The van der Waals surface area contributed by atoms with Crippen LogP contribution in [0.4, 0.5) is 5.13 Å². The highest BCUT2D eigenvalue weighted by molar-refractivity contribution is 7.14. The number of hydrogen-bond donors (Lipinski definition) is 1. The molecule has 0 saturated heterocycles. The Kier molecular flexibility index (Phi) is 4.30. The molecule has 4 heteroatoms. The highest BCUT2D eigenvalue weighted by Crippen LogP contribution is 2.25. The Labute approximate surface area is 134 Å². The number of thiazole rings is 1. The second-order valence-corrected chi connectivity index (χ2v) is 5.94. The van der Waals surface area contributed by atoms with Gasteiger partial charge in [0.05, 0.1) is 11.4 Å². The predicted molar refractivity (Wildman–Crippen MR) is 94.6 cm³/mol. The number of aromatic nitrogens is 1. The first-order valence-corrected chi connectivity index (χ1v) is 7.98. The first kappa shape index (κ1) is 14.5. The van der Waals surface area contributed by atoms with E-state index >= 15 is 0 Å². The Bertz CT molecular complexity index is 774. The molecule has 3 nitrogen and oxygen atoms in total. The van der Waals surface area contributed by atoms with Gasteiger partial charge in [-0.2, -0.15) is 5.10 Å². The maximum atomic E-state index is 4.58. The summed E-state index contributed by atoms with van der Waals surface area (Å²) in [4.78, 5) is 4.58. The van der Waals surface area contributed by atoms with Crippen molar-refractivity contribution in [3.63, 3.8) is 0 Å². The van der Waals surface area contributed by atoms with E-state index in [0.29, 0.717) is 0 Å². The Balaban J connectivity index is 1.73. The number of nitrogens with zero attached hydrogens (tertiary/aromatic N) is 2. The van der Waals surface area contributed by atoms with Gasteiger partial charge in [-0.15, -0.1) is 11.3 Å². The van der Waals surface area contributed by atoms with Gasteiger partial charge in [-0.05, 0) is 19.4 Å². The van der Waals surface area contributed by atoms with Crippen LogP contribution in [0.2, 0.25) is 0 Å². The fourth-order valence-electron chi connectivity index (χ4n) is 2.06. The van der Waals surface area contributed by atoms with Crippen LogP contribution < -0.4 is 5.43 Å². The number of aryl methyl sites for hydroxylation is 1. The molecule has 0 spiro atoms. The van der Waals surface area contributed by atoms with Crippen molar-refractivity contribution < 1.29 is 0 Å².